The van der Waals surface area contributed by atoms with Gasteiger partial charge in [-0.2, -0.15) is 0 Å². The number of urea groups is 1. The van der Waals surface area contributed by atoms with Gasteiger partial charge in [-0.3, -0.25) is 15.0 Å². The van der Waals surface area contributed by atoms with Crippen LogP contribution in [0.4, 0.5) is 9.18 Å². The van der Waals surface area contributed by atoms with Crippen molar-refractivity contribution in [1.29, 1.82) is 0 Å². The van der Waals surface area contributed by atoms with Crippen molar-refractivity contribution < 1.29 is 14.0 Å². The van der Waals surface area contributed by atoms with Crippen molar-refractivity contribution in [2.75, 3.05) is 14.1 Å². The number of nitrogens with zero attached hydrogens (tertiary/aromatic N) is 1. The number of halogens is 1. The molecule has 0 fully saturated rings. The second-order valence-electron chi connectivity index (χ2n) is 4.29. The predicted molar refractivity (Wildman–Crippen MR) is 69.9 cm³/mol. The number of hydrogen-bond donors (Lipinski definition) is 2. The van der Waals surface area contributed by atoms with Gasteiger partial charge in [0.1, 0.15) is 5.82 Å². The van der Waals surface area contributed by atoms with Crippen LogP contribution in [-0.4, -0.2) is 37.0 Å². The minimum Gasteiger partial charge on any atom is -0.341 e. The van der Waals surface area contributed by atoms with Crippen molar-refractivity contribution in [2.24, 2.45) is 0 Å². The second-order valence-corrected chi connectivity index (χ2v) is 4.29. The normalized spacial score (nSPS) is 12.1. The highest BCUT2D eigenvalue weighted by atomic mass is 19.1. The summed E-state index contributed by atoms with van der Waals surface area (Å²) in [5, 5.41) is 4.53. The summed E-state index contributed by atoms with van der Waals surface area (Å²) >= 11 is 0. The number of likely N-dealkylation sites (N-methyl/N-ethyl adjacent to an activating group) is 1. The number of amides is 3. The van der Waals surface area contributed by atoms with Crippen molar-refractivity contribution in [2.45, 2.75) is 19.5 Å². The molecule has 5 nitrogen and oxygen atoms in total. The highest BCUT2D eigenvalue weighted by Crippen LogP contribution is 2.07. The van der Waals surface area contributed by atoms with Crippen LogP contribution in [0.15, 0.2) is 24.3 Å². The molecule has 1 aromatic carbocycles. The Morgan fingerprint density at radius 2 is 1.89 bits per heavy atom. The molecule has 3 amide bonds. The average Bonchev–Trinajstić information content (AvgIpc) is 2.40. The molecule has 0 aliphatic rings. The molecule has 1 atom stereocenters. The number of carbonyl (C=O) groups is 2. The fourth-order valence-electron chi connectivity index (χ4n) is 1.49. The summed E-state index contributed by atoms with van der Waals surface area (Å²) in [6.07, 6.45) is 0. The average molecular weight is 267 g/mol. The first-order valence-corrected chi connectivity index (χ1v) is 5.91. The molecular weight excluding hydrogens is 249 g/mol. The van der Waals surface area contributed by atoms with E-state index in [2.05, 4.69) is 10.6 Å². The summed E-state index contributed by atoms with van der Waals surface area (Å²) < 4.78 is 12.8. The molecule has 2 N–H and O–H groups in total. The maximum absolute atomic E-state index is 12.8. The van der Waals surface area contributed by atoms with Gasteiger partial charge >= 0.3 is 6.03 Å². The first-order valence-electron chi connectivity index (χ1n) is 5.91. The molecule has 0 aliphatic heterocycles. The van der Waals surface area contributed by atoms with Crippen molar-refractivity contribution in [3.63, 3.8) is 0 Å². The number of benzene rings is 1. The molecule has 0 spiro atoms. The third-order valence-corrected chi connectivity index (χ3v) is 2.85. The van der Waals surface area contributed by atoms with Gasteiger partial charge in [0.05, 0.1) is 6.04 Å². The van der Waals surface area contributed by atoms with E-state index in [0.717, 1.165) is 5.56 Å². The Kier molecular flexibility index (Phi) is 5.44. The largest absolute Gasteiger partial charge is 0.341 e. The fourth-order valence-corrected chi connectivity index (χ4v) is 1.49. The van der Waals surface area contributed by atoms with Crippen LogP contribution in [0.2, 0.25) is 0 Å². The van der Waals surface area contributed by atoms with Crippen LogP contribution in [0.5, 0.6) is 0 Å². The lowest BCUT2D eigenvalue weighted by Gasteiger charge is -2.23. The van der Waals surface area contributed by atoms with E-state index in [-0.39, 0.29) is 11.7 Å². The Morgan fingerprint density at radius 3 is 2.42 bits per heavy atom. The minimum atomic E-state index is -0.535. The fraction of sp³-hybridized carbons (Fsp3) is 0.385. The Balaban J connectivity index is 2.56. The zero-order chi connectivity index (χ0) is 14.4. The summed E-state index contributed by atoms with van der Waals surface area (Å²) in [5.41, 5.74) is 0.892. The third kappa shape index (κ3) is 4.67. The first-order chi connectivity index (χ1) is 8.93. The molecule has 0 unspecified atom stereocenters. The van der Waals surface area contributed by atoms with Crippen LogP contribution in [0.1, 0.15) is 12.5 Å². The molecule has 0 bridgehead atoms. The van der Waals surface area contributed by atoms with Gasteiger partial charge < -0.3 is 5.32 Å². The van der Waals surface area contributed by atoms with E-state index in [4.69, 9.17) is 0 Å². The molecule has 6 heteroatoms. The molecule has 0 aliphatic carbocycles. The smallest absolute Gasteiger partial charge is 0.321 e. The first kappa shape index (κ1) is 15.1. The number of imide groups is 1. The van der Waals surface area contributed by atoms with E-state index in [1.54, 1.807) is 31.0 Å². The van der Waals surface area contributed by atoms with Crippen LogP contribution < -0.4 is 10.6 Å². The van der Waals surface area contributed by atoms with Crippen LogP contribution >= 0.6 is 0 Å². The van der Waals surface area contributed by atoms with Crippen molar-refractivity contribution in [3.05, 3.63) is 35.6 Å². The Hall–Kier alpha value is -1.95. The quantitative estimate of drug-likeness (QED) is 0.859. The van der Waals surface area contributed by atoms with Crippen LogP contribution in [0.25, 0.3) is 0 Å². The maximum atomic E-state index is 12.8. The lowest BCUT2D eigenvalue weighted by Crippen LogP contribution is -2.47. The Morgan fingerprint density at radius 1 is 1.32 bits per heavy atom. The van der Waals surface area contributed by atoms with Gasteiger partial charge in [-0.15, -0.1) is 0 Å². The van der Waals surface area contributed by atoms with E-state index in [1.165, 1.54) is 19.2 Å². The van der Waals surface area contributed by atoms with Crippen molar-refractivity contribution in [1.82, 2.24) is 15.5 Å². The molecule has 0 heterocycles. The summed E-state index contributed by atoms with van der Waals surface area (Å²) in [6.45, 7) is 2.18. The lowest BCUT2D eigenvalue weighted by molar-refractivity contribution is -0.124. The number of carbonyl (C=O) groups excluding carboxylic acids is 2. The zero-order valence-electron chi connectivity index (χ0n) is 11.2. The van der Waals surface area contributed by atoms with E-state index in [1.807, 2.05) is 0 Å². The highest BCUT2D eigenvalue weighted by molar-refractivity contribution is 5.96. The van der Waals surface area contributed by atoms with Crippen molar-refractivity contribution >= 4 is 11.9 Å². The SMILES string of the molecule is CNC(=O)NC(=O)[C@H](C)N(C)Cc1ccc(F)cc1. The topological polar surface area (TPSA) is 61.4 Å². The van der Waals surface area contributed by atoms with E-state index in [0.29, 0.717) is 6.54 Å². The molecule has 0 radical (unpaired) electrons. The van der Waals surface area contributed by atoms with Gasteiger partial charge in [0, 0.05) is 13.6 Å². The summed E-state index contributed by atoms with van der Waals surface area (Å²) in [4.78, 5) is 24.5. The Bertz CT molecular complexity index is 448. The standard InChI is InChI=1S/C13H18FN3O2/c1-9(12(18)16-13(19)15-2)17(3)8-10-4-6-11(14)7-5-10/h4-7,9H,8H2,1-3H3,(H2,15,16,18,19)/t9-/m0/s1. The predicted octanol–water partition coefficient (Wildman–Crippen LogP) is 1.10. The van der Waals surface area contributed by atoms with Gasteiger partial charge in [-0.1, -0.05) is 12.1 Å². The maximum Gasteiger partial charge on any atom is 0.321 e. The monoisotopic (exact) mass is 267 g/mol. The van der Waals surface area contributed by atoms with Crippen molar-refractivity contribution in [3.8, 4) is 0 Å². The van der Waals surface area contributed by atoms with Gasteiger partial charge in [0.2, 0.25) is 5.91 Å². The second kappa shape index (κ2) is 6.84. The van der Waals surface area contributed by atoms with Gasteiger partial charge in [0.25, 0.3) is 0 Å². The molecule has 19 heavy (non-hydrogen) atoms. The van der Waals surface area contributed by atoms with Crippen LogP contribution in [0, 0.1) is 5.82 Å². The van der Waals surface area contributed by atoms with E-state index >= 15 is 0 Å². The van der Waals surface area contributed by atoms with Gasteiger partial charge in [0.15, 0.2) is 0 Å². The number of rotatable bonds is 4. The molecule has 0 saturated heterocycles. The third-order valence-electron chi connectivity index (χ3n) is 2.85. The van der Waals surface area contributed by atoms with Crippen LogP contribution in [0.3, 0.4) is 0 Å². The summed E-state index contributed by atoms with van der Waals surface area (Å²) in [6, 6.07) is 5.07. The van der Waals surface area contributed by atoms with Gasteiger partial charge in [-0.05, 0) is 31.7 Å². The zero-order valence-corrected chi connectivity index (χ0v) is 11.2. The Labute approximate surface area is 111 Å². The number of nitrogens with one attached hydrogen (secondary N) is 2. The molecule has 0 aromatic heterocycles. The molecule has 0 saturated carbocycles. The summed E-state index contributed by atoms with van der Waals surface area (Å²) in [5.74, 6) is -0.680. The molecule has 1 rings (SSSR count). The lowest BCUT2D eigenvalue weighted by atomic mass is 10.2. The highest BCUT2D eigenvalue weighted by Gasteiger charge is 2.19. The van der Waals surface area contributed by atoms with E-state index < -0.39 is 12.1 Å². The van der Waals surface area contributed by atoms with Crippen LogP contribution in [-0.2, 0) is 11.3 Å². The van der Waals surface area contributed by atoms with E-state index in [9.17, 15) is 14.0 Å². The molecule has 1 aromatic rings. The molecular formula is C13H18FN3O2. The van der Waals surface area contributed by atoms with Gasteiger partial charge in [-0.25, -0.2) is 9.18 Å². The molecule has 104 valence electrons. The number of hydrogen-bond acceptors (Lipinski definition) is 3. The minimum absolute atomic E-state index is 0.295. The summed E-state index contributed by atoms with van der Waals surface area (Å²) in [7, 11) is 3.20.